The first kappa shape index (κ1) is 14.7. The molecule has 0 radical (unpaired) electrons. The van der Waals surface area contributed by atoms with E-state index in [4.69, 9.17) is 5.73 Å². The number of hydrogen-bond acceptors (Lipinski definition) is 4. The molecule has 1 aromatic carbocycles. The van der Waals surface area contributed by atoms with Gasteiger partial charge in [-0.25, -0.2) is 0 Å². The van der Waals surface area contributed by atoms with Gasteiger partial charge in [0.05, 0.1) is 11.8 Å². The minimum Gasteiger partial charge on any atom is -0.398 e. The van der Waals surface area contributed by atoms with Crippen LogP contribution in [0.2, 0.25) is 0 Å². The molecule has 1 atom stereocenters. The van der Waals surface area contributed by atoms with Crippen molar-refractivity contribution in [3.63, 3.8) is 0 Å². The first-order chi connectivity index (χ1) is 9.44. The summed E-state index contributed by atoms with van der Waals surface area (Å²) in [5, 5.41) is 12.1. The van der Waals surface area contributed by atoms with Crippen LogP contribution < -0.4 is 11.1 Å². The zero-order valence-corrected chi connectivity index (χ0v) is 12.6. The summed E-state index contributed by atoms with van der Waals surface area (Å²) in [6, 6.07) is 7.98. The number of anilines is 1. The normalized spacial score (nSPS) is 17.1. The summed E-state index contributed by atoms with van der Waals surface area (Å²) >= 11 is 1.41. The maximum Gasteiger partial charge on any atom is 0.231 e. The second kappa shape index (κ2) is 5.76. The molecule has 1 fully saturated rings. The van der Waals surface area contributed by atoms with Crippen molar-refractivity contribution < 1.29 is 4.79 Å². The third kappa shape index (κ3) is 3.45. The summed E-state index contributed by atoms with van der Waals surface area (Å²) in [5.41, 5.74) is 6.95. The van der Waals surface area contributed by atoms with Gasteiger partial charge in [-0.15, -0.1) is 11.8 Å². The summed E-state index contributed by atoms with van der Waals surface area (Å²) in [6.07, 6.45) is 2.03. The van der Waals surface area contributed by atoms with E-state index in [0.717, 1.165) is 23.3 Å². The number of nitrogens with zero attached hydrogens (tertiary/aromatic N) is 1. The first-order valence-corrected chi connectivity index (χ1v) is 7.64. The van der Waals surface area contributed by atoms with Gasteiger partial charge in [0.2, 0.25) is 5.91 Å². The largest absolute Gasteiger partial charge is 0.398 e. The highest BCUT2D eigenvalue weighted by molar-refractivity contribution is 8.00. The zero-order valence-electron chi connectivity index (χ0n) is 11.8. The fourth-order valence-electron chi connectivity index (χ4n) is 2.12. The second-order valence-electron chi connectivity index (χ2n) is 5.47. The highest BCUT2D eigenvalue weighted by Crippen LogP contribution is 2.39. The average Bonchev–Trinajstić information content (AvgIpc) is 3.24. The van der Waals surface area contributed by atoms with Crippen molar-refractivity contribution in [2.24, 2.45) is 5.92 Å². The van der Waals surface area contributed by atoms with Gasteiger partial charge in [0.15, 0.2) is 0 Å². The molecule has 0 bridgehead atoms. The van der Waals surface area contributed by atoms with Crippen LogP contribution in [0.4, 0.5) is 5.69 Å². The van der Waals surface area contributed by atoms with E-state index >= 15 is 0 Å². The van der Waals surface area contributed by atoms with Crippen LogP contribution in [0.25, 0.3) is 0 Å². The number of amides is 1. The van der Waals surface area contributed by atoms with Gasteiger partial charge in [0.25, 0.3) is 0 Å². The standard InChI is InChI=1S/C15H19N3OS/c1-10-3-6-12(17)13(7-10)20-8-14(19)18-15(2,9-16)11-4-5-11/h3,6-7,11H,4-5,8,17H2,1-2H3,(H,18,19). The van der Waals surface area contributed by atoms with Crippen molar-refractivity contribution in [1.29, 1.82) is 5.26 Å². The van der Waals surface area contributed by atoms with Crippen LogP contribution in [0.3, 0.4) is 0 Å². The molecular weight excluding hydrogens is 270 g/mol. The molecule has 4 nitrogen and oxygen atoms in total. The number of aryl methyl sites for hydroxylation is 1. The van der Waals surface area contributed by atoms with Crippen molar-refractivity contribution in [1.82, 2.24) is 5.32 Å². The summed E-state index contributed by atoms with van der Waals surface area (Å²) in [4.78, 5) is 12.9. The molecule has 5 heteroatoms. The van der Waals surface area contributed by atoms with E-state index in [1.807, 2.05) is 25.1 Å². The fourth-order valence-corrected chi connectivity index (χ4v) is 2.98. The van der Waals surface area contributed by atoms with Crippen LogP contribution in [-0.2, 0) is 4.79 Å². The predicted molar refractivity (Wildman–Crippen MR) is 81.2 cm³/mol. The molecule has 0 saturated heterocycles. The third-order valence-electron chi connectivity index (χ3n) is 3.55. The number of nitrogen functional groups attached to an aromatic ring is 1. The van der Waals surface area contributed by atoms with Crippen LogP contribution in [-0.4, -0.2) is 17.2 Å². The number of nitrogens with two attached hydrogens (primary N) is 1. The van der Waals surface area contributed by atoms with Gasteiger partial charge in [0, 0.05) is 10.6 Å². The molecule has 20 heavy (non-hydrogen) atoms. The Balaban J connectivity index is 1.92. The molecule has 3 N–H and O–H groups in total. The van der Waals surface area contributed by atoms with Crippen molar-refractivity contribution in [2.45, 2.75) is 37.1 Å². The molecule has 2 rings (SSSR count). The van der Waals surface area contributed by atoms with Gasteiger partial charge >= 0.3 is 0 Å². The zero-order chi connectivity index (χ0) is 14.8. The van der Waals surface area contributed by atoms with E-state index < -0.39 is 5.54 Å². The van der Waals surface area contributed by atoms with E-state index in [-0.39, 0.29) is 11.7 Å². The van der Waals surface area contributed by atoms with E-state index in [0.29, 0.717) is 11.6 Å². The SMILES string of the molecule is Cc1ccc(N)c(SCC(=O)NC(C)(C#N)C2CC2)c1. The van der Waals surface area contributed by atoms with E-state index in [2.05, 4.69) is 11.4 Å². The quantitative estimate of drug-likeness (QED) is 0.644. The number of benzene rings is 1. The molecule has 0 heterocycles. The van der Waals surface area contributed by atoms with E-state index in [9.17, 15) is 10.1 Å². The Kier molecular flexibility index (Phi) is 4.24. The maximum atomic E-state index is 12.0. The highest BCUT2D eigenvalue weighted by Gasteiger charge is 2.42. The van der Waals surface area contributed by atoms with E-state index in [1.165, 1.54) is 11.8 Å². The molecule has 1 aromatic rings. The maximum absolute atomic E-state index is 12.0. The molecule has 0 spiro atoms. The van der Waals surface area contributed by atoms with Gasteiger partial charge < -0.3 is 11.1 Å². The Morgan fingerprint density at radius 1 is 1.60 bits per heavy atom. The van der Waals surface area contributed by atoms with Crippen LogP contribution >= 0.6 is 11.8 Å². The lowest BCUT2D eigenvalue weighted by Crippen LogP contribution is -2.47. The molecular formula is C15H19N3OS. The minimum atomic E-state index is -0.726. The summed E-state index contributed by atoms with van der Waals surface area (Å²) in [7, 11) is 0. The van der Waals surface area contributed by atoms with Crippen molar-refractivity contribution in [2.75, 3.05) is 11.5 Å². The smallest absolute Gasteiger partial charge is 0.231 e. The van der Waals surface area contributed by atoms with Gasteiger partial charge in [-0.2, -0.15) is 5.26 Å². The van der Waals surface area contributed by atoms with Crippen molar-refractivity contribution in [3.8, 4) is 6.07 Å². The minimum absolute atomic E-state index is 0.119. The van der Waals surface area contributed by atoms with Gasteiger partial charge in [-0.3, -0.25) is 4.79 Å². The van der Waals surface area contributed by atoms with E-state index in [1.54, 1.807) is 6.92 Å². The van der Waals surface area contributed by atoms with Crippen LogP contribution in [0.15, 0.2) is 23.1 Å². The highest BCUT2D eigenvalue weighted by atomic mass is 32.2. The summed E-state index contributed by atoms with van der Waals surface area (Å²) in [6.45, 7) is 3.79. The lowest BCUT2D eigenvalue weighted by Gasteiger charge is -2.22. The number of thioether (sulfide) groups is 1. The number of nitriles is 1. The number of carbonyl (C=O) groups is 1. The molecule has 1 aliphatic carbocycles. The topological polar surface area (TPSA) is 78.9 Å². The fraction of sp³-hybridized carbons (Fsp3) is 0.467. The molecule has 106 valence electrons. The Morgan fingerprint density at radius 2 is 2.30 bits per heavy atom. The molecule has 0 aromatic heterocycles. The van der Waals surface area contributed by atoms with Crippen LogP contribution in [0, 0.1) is 24.2 Å². The van der Waals surface area contributed by atoms with Gasteiger partial charge in [-0.05, 0) is 50.3 Å². The Bertz CT molecular complexity index is 563. The third-order valence-corrected chi connectivity index (χ3v) is 4.62. The van der Waals surface area contributed by atoms with Crippen LogP contribution in [0.5, 0.6) is 0 Å². The number of rotatable bonds is 5. The number of carbonyl (C=O) groups excluding carboxylic acids is 1. The molecule has 1 amide bonds. The Morgan fingerprint density at radius 3 is 2.90 bits per heavy atom. The van der Waals surface area contributed by atoms with Gasteiger partial charge in [0.1, 0.15) is 5.54 Å². The summed E-state index contributed by atoms with van der Waals surface area (Å²) < 4.78 is 0. The average molecular weight is 289 g/mol. The van der Waals surface area contributed by atoms with Crippen molar-refractivity contribution in [3.05, 3.63) is 23.8 Å². The van der Waals surface area contributed by atoms with Crippen molar-refractivity contribution >= 4 is 23.4 Å². The Hall–Kier alpha value is -1.67. The number of hydrogen-bond donors (Lipinski definition) is 2. The molecule has 1 aliphatic rings. The Labute approximate surface area is 123 Å². The lowest BCUT2D eigenvalue weighted by molar-refractivity contribution is -0.119. The second-order valence-corrected chi connectivity index (χ2v) is 6.48. The molecule has 1 unspecified atom stereocenters. The predicted octanol–water partition coefficient (Wildman–Crippen LogP) is 2.48. The first-order valence-electron chi connectivity index (χ1n) is 6.66. The monoisotopic (exact) mass is 289 g/mol. The van der Waals surface area contributed by atoms with Crippen LogP contribution in [0.1, 0.15) is 25.3 Å². The molecule has 1 saturated carbocycles. The van der Waals surface area contributed by atoms with Gasteiger partial charge in [-0.1, -0.05) is 6.07 Å². The lowest BCUT2D eigenvalue weighted by atomic mass is 9.98. The molecule has 0 aliphatic heterocycles. The summed E-state index contributed by atoms with van der Waals surface area (Å²) in [5.74, 6) is 0.454. The number of nitrogens with one attached hydrogen (secondary N) is 1.